The van der Waals surface area contributed by atoms with Crippen molar-refractivity contribution in [2.45, 2.75) is 58.9 Å². The minimum Gasteiger partial charge on any atom is -0.469 e. The van der Waals surface area contributed by atoms with Gasteiger partial charge in [-0.1, -0.05) is 13.3 Å². The third-order valence-corrected chi connectivity index (χ3v) is 3.99. The van der Waals surface area contributed by atoms with Crippen molar-refractivity contribution in [2.75, 3.05) is 13.7 Å². The average molecular weight is 241 g/mol. The van der Waals surface area contributed by atoms with E-state index >= 15 is 0 Å². The smallest absolute Gasteiger partial charge is 0.312 e. The fourth-order valence-corrected chi connectivity index (χ4v) is 2.52. The Morgan fingerprint density at radius 2 is 1.88 bits per heavy atom. The number of esters is 1. The van der Waals surface area contributed by atoms with Crippen LogP contribution in [-0.2, 0) is 9.53 Å². The molecule has 100 valence electrons. The molecule has 0 atom stereocenters. The summed E-state index contributed by atoms with van der Waals surface area (Å²) in [7, 11) is 1.45. The number of rotatable bonds is 5. The monoisotopic (exact) mass is 241 g/mol. The van der Waals surface area contributed by atoms with Gasteiger partial charge in [0, 0.05) is 12.6 Å². The van der Waals surface area contributed by atoms with Gasteiger partial charge in [-0.25, -0.2) is 0 Å². The van der Waals surface area contributed by atoms with E-state index in [-0.39, 0.29) is 5.97 Å². The van der Waals surface area contributed by atoms with Crippen LogP contribution in [0, 0.1) is 11.3 Å². The molecule has 3 nitrogen and oxygen atoms in total. The van der Waals surface area contributed by atoms with Gasteiger partial charge < -0.3 is 10.1 Å². The summed E-state index contributed by atoms with van der Waals surface area (Å²) in [5.74, 6) is 0.786. The maximum Gasteiger partial charge on any atom is 0.312 e. The van der Waals surface area contributed by atoms with Crippen LogP contribution in [0.2, 0.25) is 0 Å². The van der Waals surface area contributed by atoms with Crippen LogP contribution < -0.4 is 5.32 Å². The zero-order valence-electron chi connectivity index (χ0n) is 11.7. The van der Waals surface area contributed by atoms with Gasteiger partial charge in [-0.15, -0.1) is 0 Å². The predicted molar refractivity (Wildman–Crippen MR) is 69.8 cm³/mol. The van der Waals surface area contributed by atoms with E-state index in [1.807, 2.05) is 13.8 Å². The van der Waals surface area contributed by atoms with Gasteiger partial charge in [-0.05, 0) is 45.4 Å². The Labute approximate surface area is 105 Å². The van der Waals surface area contributed by atoms with Gasteiger partial charge in [0.25, 0.3) is 0 Å². The number of ether oxygens (including phenoxy) is 1. The molecule has 17 heavy (non-hydrogen) atoms. The lowest BCUT2D eigenvalue weighted by Gasteiger charge is -2.31. The molecule has 0 heterocycles. The van der Waals surface area contributed by atoms with Gasteiger partial charge >= 0.3 is 5.97 Å². The highest BCUT2D eigenvalue weighted by Gasteiger charge is 2.30. The first-order valence-corrected chi connectivity index (χ1v) is 6.81. The number of methoxy groups -OCH3 is 1. The second-order valence-corrected chi connectivity index (χ2v) is 5.88. The molecule has 1 N–H and O–H groups in total. The molecule has 0 aromatic carbocycles. The number of carbonyl (C=O) groups excluding carboxylic acids is 1. The molecule has 0 aromatic heterocycles. The molecule has 1 saturated carbocycles. The van der Waals surface area contributed by atoms with Crippen molar-refractivity contribution in [3.63, 3.8) is 0 Å². The predicted octanol–water partition coefficient (Wildman–Crippen LogP) is 2.74. The minimum atomic E-state index is -0.420. The molecule has 1 aliphatic carbocycles. The molecule has 0 spiro atoms. The summed E-state index contributed by atoms with van der Waals surface area (Å²) in [6.07, 6.45) is 6.45. The van der Waals surface area contributed by atoms with Gasteiger partial charge in [0.05, 0.1) is 12.5 Å². The van der Waals surface area contributed by atoms with E-state index in [2.05, 4.69) is 12.2 Å². The van der Waals surface area contributed by atoms with Crippen LogP contribution in [0.15, 0.2) is 0 Å². The van der Waals surface area contributed by atoms with Gasteiger partial charge in [-0.2, -0.15) is 0 Å². The Bertz CT molecular complexity index is 243. The summed E-state index contributed by atoms with van der Waals surface area (Å²) in [5.41, 5.74) is -0.420. The van der Waals surface area contributed by atoms with E-state index < -0.39 is 5.41 Å². The first-order chi connectivity index (χ1) is 7.99. The molecule has 3 heteroatoms. The van der Waals surface area contributed by atoms with Crippen LogP contribution in [0.1, 0.15) is 52.9 Å². The van der Waals surface area contributed by atoms with Gasteiger partial charge in [0.1, 0.15) is 0 Å². The third kappa shape index (κ3) is 4.30. The Hall–Kier alpha value is -0.570. The van der Waals surface area contributed by atoms with Gasteiger partial charge in [0.2, 0.25) is 0 Å². The number of nitrogens with one attached hydrogen (secondary N) is 1. The Balaban J connectivity index is 2.30. The van der Waals surface area contributed by atoms with Crippen LogP contribution in [0.4, 0.5) is 0 Å². The average Bonchev–Trinajstić information content (AvgIpc) is 2.36. The first-order valence-electron chi connectivity index (χ1n) is 6.81. The summed E-state index contributed by atoms with van der Waals surface area (Å²) in [4.78, 5) is 11.5. The fraction of sp³-hybridized carbons (Fsp3) is 0.929. The highest BCUT2D eigenvalue weighted by atomic mass is 16.5. The van der Waals surface area contributed by atoms with E-state index in [9.17, 15) is 4.79 Å². The Kier molecular flexibility index (Phi) is 5.44. The maximum absolute atomic E-state index is 11.5. The van der Waals surface area contributed by atoms with Crippen molar-refractivity contribution in [3.8, 4) is 0 Å². The van der Waals surface area contributed by atoms with Crippen molar-refractivity contribution in [2.24, 2.45) is 11.3 Å². The number of hydrogen-bond donors (Lipinski definition) is 1. The molecule has 1 aliphatic rings. The van der Waals surface area contributed by atoms with E-state index in [1.165, 1.54) is 39.2 Å². The molecule has 1 rings (SSSR count). The van der Waals surface area contributed by atoms with Crippen molar-refractivity contribution >= 4 is 5.97 Å². The van der Waals surface area contributed by atoms with Crippen LogP contribution in [0.25, 0.3) is 0 Å². The Morgan fingerprint density at radius 3 is 2.35 bits per heavy atom. The molecule has 0 aliphatic heterocycles. The minimum absolute atomic E-state index is 0.132. The Morgan fingerprint density at radius 1 is 1.29 bits per heavy atom. The van der Waals surface area contributed by atoms with E-state index in [0.717, 1.165) is 5.92 Å². The zero-order valence-corrected chi connectivity index (χ0v) is 11.7. The van der Waals surface area contributed by atoms with Crippen molar-refractivity contribution in [1.82, 2.24) is 5.32 Å². The fourth-order valence-electron chi connectivity index (χ4n) is 2.52. The van der Waals surface area contributed by atoms with E-state index in [4.69, 9.17) is 4.74 Å². The standard InChI is InChI=1S/C14H27NO2/c1-5-11-6-8-12(9-7-11)15-10-14(2,3)13(16)17-4/h11-12,15H,5-10H2,1-4H3. The SMILES string of the molecule is CCC1CCC(NCC(C)(C)C(=O)OC)CC1. The lowest BCUT2D eigenvalue weighted by atomic mass is 9.84. The second kappa shape index (κ2) is 6.39. The van der Waals surface area contributed by atoms with E-state index in [1.54, 1.807) is 0 Å². The van der Waals surface area contributed by atoms with Crippen LogP contribution in [0.3, 0.4) is 0 Å². The van der Waals surface area contributed by atoms with Crippen LogP contribution in [-0.4, -0.2) is 25.7 Å². The zero-order chi connectivity index (χ0) is 12.9. The van der Waals surface area contributed by atoms with E-state index in [0.29, 0.717) is 12.6 Å². The van der Waals surface area contributed by atoms with Gasteiger partial charge in [0.15, 0.2) is 0 Å². The van der Waals surface area contributed by atoms with Crippen molar-refractivity contribution in [1.29, 1.82) is 0 Å². The van der Waals surface area contributed by atoms with Crippen LogP contribution >= 0.6 is 0 Å². The van der Waals surface area contributed by atoms with Gasteiger partial charge in [-0.3, -0.25) is 4.79 Å². The molecule has 0 aromatic rings. The molecule has 0 radical (unpaired) electrons. The maximum atomic E-state index is 11.5. The lowest BCUT2D eigenvalue weighted by Crippen LogP contribution is -2.42. The summed E-state index contributed by atoms with van der Waals surface area (Å²) in [5, 5.41) is 3.52. The lowest BCUT2D eigenvalue weighted by molar-refractivity contribution is -0.150. The molecule has 0 unspecified atom stereocenters. The molecule has 0 amide bonds. The number of hydrogen-bond acceptors (Lipinski definition) is 3. The highest BCUT2D eigenvalue weighted by Crippen LogP contribution is 2.27. The largest absolute Gasteiger partial charge is 0.469 e. The summed E-state index contributed by atoms with van der Waals surface area (Å²) in [6.45, 7) is 6.85. The molecule has 0 saturated heterocycles. The summed E-state index contributed by atoms with van der Waals surface area (Å²) in [6, 6.07) is 0.585. The molecular weight excluding hydrogens is 214 g/mol. The normalized spacial score (nSPS) is 25.6. The second-order valence-electron chi connectivity index (χ2n) is 5.88. The number of carbonyl (C=O) groups is 1. The summed E-state index contributed by atoms with van der Waals surface area (Å²) < 4.78 is 4.81. The first kappa shape index (κ1) is 14.5. The summed E-state index contributed by atoms with van der Waals surface area (Å²) >= 11 is 0. The van der Waals surface area contributed by atoms with Crippen LogP contribution in [0.5, 0.6) is 0 Å². The molecule has 1 fully saturated rings. The highest BCUT2D eigenvalue weighted by molar-refractivity contribution is 5.76. The third-order valence-electron chi connectivity index (χ3n) is 3.99. The molecular formula is C14H27NO2. The van der Waals surface area contributed by atoms with Crippen molar-refractivity contribution < 1.29 is 9.53 Å². The molecule has 0 bridgehead atoms. The topological polar surface area (TPSA) is 38.3 Å². The van der Waals surface area contributed by atoms with Crippen molar-refractivity contribution in [3.05, 3.63) is 0 Å². The quantitative estimate of drug-likeness (QED) is 0.752.